The summed E-state index contributed by atoms with van der Waals surface area (Å²) in [7, 11) is 3.07. The van der Waals surface area contributed by atoms with Crippen LogP contribution in [0.4, 0.5) is 0 Å². The topological polar surface area (TPSA) is 200 Å². The summed E-state index contributed by atoms with van der Waals surface area (Å²) >= 11 is 0. The Morgan fingerprint density at radius 2 is 1.58 bits per heavy atom. The van der Waals surface area contributed by atoms with Gasteiger partial charge in [0.25, 0.3) is 11.8 Å². The number of ketones is 1. The molecule has 15 nitrogen and oxygen atoms in total. The first-order valence-corrected chi connectivity index (χ1v) is 19.2. The molecule has 1 aliphatic heterocycles. The van der Waals surface area contributed by atoms with E-state index in [0.29, 0.717) is 19.3 Å². The molecule has 53 heavy (non-hydrogen) atoms. The Morgan fingerprint density at radius 1 is 0.906 bits per heavy atom. The third-order valence-corrected chi connectivity index (χ3v) is 10.9. The van der Waals surface area contributed by atoms with Gasteiger partial charge in [-0.05, 0) is 55.8 Å². The van der Waals surface area contributed by atoms with Gasteiger partial charge in [-0.2, -0.15) is 0 Å². The van der Waals surface area contributed by atoms with E-state index in [1.807, 2.05) is 27.7 Å². The lowest BCUT2D eigenvalue weighted by atomic mass is 9.81. The second kappa shape index (κ2) is 18.6. The molecule has 3 aliphatic rings. The van der Waals surface area contributed by atoms with E-state index in [-0.39, 0.29) is 42.4 Å². The highest BCUT2D eigenvalue weighted by Gasteiger charge is 2.51. The average Bonchev–Trinajstić information content (AvgIpc) is 3.54. The number of hydrogen-bond acceptors (Lipinski definition) is 9. The van der Waals surface area contributed by atoms with Crippen LogP contribution in [-0.4, -0.2) is 112 Å². The summed E-state index contributed by atoms with van der Waals surface area (Å²) in [5.41, 5.74) is -0.701. The van der Waals surface area contributed by atoms with E-state index < -0.39 is 64.9 Å². The Labute approximate surface area is 312 Å². The van der Waals surface area contributed by atoms with E-state index in [9.17, 15) is 33.6 Å². The molecule has 0 aromatic carbocycles. The predicted octanol–water partition coefficient (Wildman–Crippen LogP) is 1.90. The number of carbonyl (C=O) groups is 7. The number of carbonyl (C=O) groups excluding carboxylic acids is 7. The first kappa shape index (κ1) is 41.3. The van der Waals surface area contributed by atoms with Crippen molar-refractivity contribution in [2.75, 3.05) is 20.6 Å². The van der Waals surface area contributed by atoms with Crippen molar-refractivity contribution in [2.24, 2.45) is 17.3 Å². The average molecular weight is 739 g/mol. The summed E-state index contributed by atoms with van der Waals surface area (Å²) in [4.78, 5) is 105. The molecule has 3 fully saturated rings. The van der Waals surface area contributed by atoms with Crippen molar-refractivity contribution in [1.29, 1.82) is 0 Å². The van der Waals surface area contributed by atoms with E-state index >= 15 is 0 Å². The first-order chi connectivity index (χ1) is 25.1. The quantitative estimate of drug-likeness (QED) is 0.206. The predicted molar refractivity (Wildman–Crippen MR) is 196 cm³/mol. The maximum atomic E-state index is 14.9. The maximum Gasteiger partial charge on any atom is 0.290 e. The minimum Gasteiger partial charge on any atom is -0.347 e. The molecule has 4 rings (SSSR count). The van der Waals surface area contributed by atoms with Gasteiger partial charge >= 0.3 is 0 Å². The molecule has 0 bridgehead atoms. The lowest BCUT2D eigenvalue weighted by Gasteiger charge is -2.40. The Hall–Kier alpha value is -4.43. The lowest BCUT2D eigenvalue weighted by molar-refractivity contribution is -0.147. The molecule has 0 unspecified atom stereocenters. The third kappa shape index (κ3) is 10.6. The molecule has 0 spiro atoms. The molecular formula is C38H58N8O7. The van der Waals surface area contributed by atoms with Crippen molar-refractivity contribution < 1.29 is 33.6 Å². The third-order valence-electron chi connectivity index (χ3n) is 10.9. The number of aromatic nitrogens is 2. The van der Waals surface area contributed by atoms with E-state index in [1.165, 1.54) is 37.6 Å². The molecule has 6 amide bonds. The van der Waals surface area contributed by atoms with Gasteiger partial charge in [0.1, 0.15) is 23.8 Å². The van der Waals surface area contributed by atoms with Crippen LogP contribution in [0.15, 0.2) is 18.6 Å². The maximum absolute atomic E-state index is 14.9. The van der Waals surface area contributed by atoms with Crippen molar-refractivity contribution in [3.8, 4) is 0 Å². The van der Waals surface area contributed by atoms with Crippen molar-refractivity contribution in [2.45, 2.75) is 135 Å². The minimum absolute atomic E-state index is 0.0571. The van der Waals surface area contributed by atoms with Crippen molar-refractivity contribution >= 4 is 41.2 Å². The number of fused-ring (bicyclic) bond motifs is 1. The van der Waals surface area contributed by atoms with E-state index in [4.69, 9.17) is 0 Å². The number of hydrogen-bond donors (Lipinski definition) is 4. The van der Waals surface area contributed by atoms with E-state index in [0.717, 1.165) is 51.4 Å². The summed E-state index contributed by atoms with van der Waals surface area (Å²) in [6.07, 6.45) is 13.0. The first-order valence-electron chi connectivity index (χ1n) is 19.2. The fourth-order valence-electron chi connectivity index (χ4n) is 7.92. The lowest BCUT2D eigenvalue weighted by Crippen LogP contribution is -2.63. The smallest absolute Gasteiger partial charge is 0.290 e. The molecular weight excluding hydrogens is 680 g/mol. The molecule has 292 valence electrons. The van der Waals surface area contributed by atoms with Crippen LogP contribution in [0.1, 0.15) is 115 Å². The van der Waals surface area contributed by atoms with Gasteiger partial charge in [-0.15, -0.1) is 0 Å². The standard InChI is InChI=1S/C38H58N8O7/c1-7-13-25(31(48)36(52)41-22-29(47)45(5)6)42-34(50)28-20-24-16-11-12-17-27(24)46(28)37(53)32(38(2,3)4)44-35(51)30(23-14-9-8-10-15-23)43-33(49)26-21-39-18-19-40-26/h18-19,21,23-25,27-28,30,32H,7-17,20,22H2,1-6H3,(H,41,52)(H,42,50)(H,43,49)(H,44,51)/t24-,25-,27-,28-,30-,32+/m0/s1. The molecule has 1 aromatic heterocycles. The molecule has 15 heteroatoms. The molecule has 2 heterocycles. The molecule has 4 N–H and O–H groups in total. The van der Waals surface area contributed by atoms with Gasteiger partial charge in [-0.3, -0.25) is 38.5 Å². The Kier molecular flexibility index (Phi) is 14.5. The van der Waals surface area contributed by atoms with Gasteiger partial charge in [0, 0.05) is 32.5 Å². The van der Waals surface area contributed by atoms with Gasteiger partial charge in [0.05, 0.1) is 18.8 Å². The minimum atomic E-state index is -1.14. The summed E-state index contributed by atoms with van der Waals surface area (Å²) in [6.45, 7) is 7.02. The molecule has 2 saturated carbocycles. The zero-order valence-electron chi connectivity index (χ0n) is 32.1. The van der Waals surface area contributed by atoms with Crippen LogP contribution < -0.4 is 21.3 Å². The number of likely N-dealkylation sites (N-methyl/N-ethyl adjacent to an activating group) is 1. The second-order valence-corrected chi connectivity index (χ2v) is 16.0. The Morgan fingerprint density at radius 3 is 2.21 bits per heavy atom. The van der Waals surface area contributed by atoms with Crippen LogP contribution in [0.2, 0.25) is 0 Å². The molecule has 1 saturated heterocycles. The number of nitrogens with zero attached hydrogens (tertiary/aromatic N) is 4. The zero-order valence-corrected chi connectivity index (χ0v) is 32.1. The number of nitrogens with one attached hydrogen (secondary N) is 4. The Balaban J connectivity index is 1.58. The number of rotatable bonds is 14. The van der Waals surface area contributed by atoms with Gasteiger partial charge in [-0.25, -0.2) is 4.98 Å². The number of amides is 6. The zero-order chi connectivity index (χ0) is 38.9. The summed E-state index contributed by atoms with van der Waals surface area (Å²) in [6, 6.07) is -4.26. The fraction of sp³-hybridized carbons (Fsp3) is 0.711. The summed E-state index contributed by atoms with van der Waals surface area (Å²) in [5.74, 6) is -4.25. The SMILES string of the molecule is CCC[C@H](NC(=O)[C@@H]1C[C@@H]2CCCC[C@@H]2N1C(=O)[C@@H](NC(=O)[C@@H](NC(=O)c1cnccn1)C1CCCCC1)C(C)(C)C)C(=O)C(=O)NCC(=O)N(C)C. The Bertz CT molecular complexity index is 1490. The normalized spacial score (nSPS) is 22.0. The monoisotopic (exact) mass is 738 g/mol. The fourth-order valence-corrected chi connectivity index (χ4v) is 7.92. The van der Waals surface area contributed by atoms with Crippen molar-refractivity contribution in [3.63, 3.8) is 0 Å². The van der Waals surface area contributed by atoms with Crippen molar-refractivity contribution in [1.82, 2.24) is 41.0 Å². The van der Waals surface area contributed by atoms with Gasteiger partial charge in [0.15, 0.2) is 0 Å². The highest BCUT2D eigenvalue weighted by molar-refractivity contribution is 6.38. The van der Waals surface area contributed by atoms with E-state index in [2.05, 4.69) is 31.2 Å². The van der Waals surface area contributed by atoms with Gasteiger partial charge in [-0.1, -0.05) is 66.2 Å². The van der Waals surface area contributed by atoms with Crippen LogP contribution in [0.3, 0.4) is 0 Å². The number of Topliss-reactive ketones (excluding diaryl/α,β-unsaturated/α-hetero) is 1. The molecule has 6 atom stereocenters. The van der Waals surface area contributed by atoms with Crippen LogP contribution in [0, 0.1) is 17.3 Å². The highest BCUT2D eigenvalue weighted by Crippen LogP contribution is 2.41. The largest absolute Gasteiger partial charge is 0.347 e. The molecule has 0 radical (unpaired) electrons. The molecule has 1 aromatic rings. The number of likely N-dealkylation sites (tertiary alicyclic amines) is 1. The second-order valence-electron chi connectivity index (χ2n) is 16.0. The van der Waals surface area contributed by atoms with Gasteiger partial charge in [0.2, 0.25) is 29.4 Å². The van der Waals surface area contributed by atoms with Crippen LogP contribution in [-0.2, 0) is 28.8 Å². The van der Waals surface area contributed by atoms with Crippen molar-refractivity contribution in [3.05, 3.63) is 24.3 Å². The van der Waals surface area contributed by atoms with Crippen LogP contribution >= 0.6 is 0 Å². The summed E-state index contributed by atoms with van der Waals surface area (Å²) in [5, 5.41) is 11.0. The summed E-state index contributed by atoms with van der Waals surface area (Å²) < 4.78 is 0. The van der Waals surface area contributed by atoms with Crippen LogP contribution in [0.25, 0.3) is 0 Å². The molecule has 2 aliphatic carbocycles. The highest BCUT2D eigenvalue weighted by atomic mass is 16.2. The van der Waals surface area contributed by atoms with E-state index in [1.54, 1.807) is 4.90 Å². The van der Waals surface area contributed by atoms with Crippen LogP contribution in [0.5, 0.6) is 0 Å². The van der Waals surface area contributed by atoms with Gasteiger partial charge < -0.3 is 31.1 Å².